The zero-order valence-electron chi connectivity index (χ0n) is 13.1. The van der Waals surface area contributed by atoms with Gasteiger partial charge in [0.15, 0.2) is 6.61 Å². The summed E-state index contributed by atoms with van der Waals surface area (Å²) in [5, 5.41) is 7.48. The largest absolute Gasteiger partial charge is 0.452 e. The number of hydrogen-bond acceptors (Lipinski definition) is 5. The number of amides is 2. The van der Waals surface area contributed by atoms with Crippen molar-refractivity contribution in [2.24, 2.45) is 0 Å². The average Bonchev–Trinajstić information content (AvgIpc) is 3.23. The van der Waals surface area contributed by atoms with Crippen LogP contribution in [0.4, 0.5) is 5.69 Å². The molecular formula is C17H15ClN2O4S. The molecule has 6 nitrogen and oxygen atoms in total. The summed E-state index contributed by atoms with van der Waals surface area (Å²) in [4.78, 5) is 36.3. The van der Waals surface area contributed by atoms with E-state index in [1.54, 1.807) is 17.5 Å². The number of benzene rings is 1. The standard InChI is InChI=1S/C17H15ClN2O4S/c18-12-6-3-10(17(23)24-9-15(21)19-11-4-5-11)8-13(12)20-16(22)14-2-1-7-25-14/h1-3,6-8,11H,4-5,9H2,(H,19,21)(H,20,22). The van der Waals surface area contributed by atoms with Crippen LogP contribution in [0.3, 0.4) is 0 Å². The molecule has 2 amide bonds. The lowest BCUT2D eigenvalue weighted by molar-refractivity contribution is -0.124. The molecule has 1 saturated carbocycles. The lowest BCUT2D eigenvalue weighted by Crippen LogP contribution is -2.30. The Morgan fingerprint density at radius 1 is 1.24 bits per heavy atom. The summed E-state index contributed by atoms with van der Waals surface area (Å²) < 4.78 is 4.99. The van der Waals surface area contributed by atoms with E-state index in [1.165, 1.54) is 29.5 Å². The van der Waals surface area contributed by atoms with E-state index in [1.807, 2.05) is 0 Å². The van der Waals surface area contributed by atoms with Crippen molar-refractivity contribution in [2.75, 3.05) is 11.9 Å². The minimum absolute atomic E-state index is 0.199. The zero-order valence-corrected chi connectivity index (χ0v) is 14.7. The molecule has 0 atom stereocenters. The monoisotopic (exact) mass is 378 g/mol. The molecule has 0 radical (unpaired) electrons. The van der Waals surface area contributed by atoms with Gasteiger partial charge in [0.25, 0.3) is 11.8 Å². The van der Waals surface area contributed by atoms with Crippen molar-refractivity contribution in [3.63, 3.8) is 0 Å². The number of nitrogens with one attached hydrogen (secondary N) is 2. The molecule has 0 unspecified atom stereocenters. The Labute approximate surface area is 153 Å². The molecule has 0 bridgehead atoms. The van der Waals surface area contributed by atoms with Crippen molar-refractivity contribution in [3.8, 4) is 0 Å². The van der Waals surface area contributed by atoms with Crippen molar-refractivity contribution < 1.29 is 19.1 Å². The third kappa shape index (κ3) is 4.80. The average molecular weight is 379 g/mol. The molecule has 1 heterocycles. The first-order valence-electron chi connectivity index (χ1n) is 7.64. The first-order valence-corrected chi connectivity index (χ1v) is 8.89. The summed E-state index contributed by atoms with van der Waals surface area (Å²) in [5.74, 6) is -1.29. The second-order valence-electron chi connectivity index (χ2n) is 5.54. The molecule has 8 heteroatoms. The van der Waals surface area contributed by atoms with Crippen molar-refractivity contribution >= 4 is 46.4 Å². The fourth-order valence-corrected chi connectivity index (χ4v) is 2.83. The number of ether oxygens (including phenoxy) is 1. The maximum atomic E-state index is 12.1. The van der Waals surface area contributed by atoms with Crippen LogP contribution in [0.5, 0.6) is 0 Å². The Morgan fingerprint density at radius 2 is 2.04 bits per heavy atom. The van der Waals surface area contributed by atoms with Gasteiger partial charge in [-0.15, -0.1) is 11.3 Å². The molecule has 3 rings (SSSR count). The Bertz CT molecular complexity index is 803. The van der Waals surface area contributed by atoms with Crippen molar-refractivity contribution in [3.05, 3.63) is 51.2 Å². The predicted octanol–water partition coefficient (Wildman–Crippen LogP) is 3.09. The lowest BCUT2D eigenvalue weighted by Gasteiger charge is -2.09. The van der Waals surface area contributed by atoms with E-state index in [0.717, 1.165) is 12.8 Å². The van der Waals surface area contributed by atoms with E-state index >= 15 is 0 Å². The number of halogens is 1. The van der Waals surface area contributed by atoms with Gasteiger partial charge in [0.1, 0.15) is 0 Å². The van der Waals surface area contributed by atoms with Gasteiger partial charge >= 0.3 is 5.97 Å². The first-order chi connectivity index (χ1) is 12.0. The molecule has 1 fully saturated rings. The summed E-state index contributed by atoms with van der Waals surface area (Å²) >= 11 is 7.37. The molecule has 1 aromatic carbocycles. The molecule has 0 saturated heterocycles. The van der Waals surface area contributed by atoms with E-state index in [2.05, 4.69) is 10.6 Å². The molecule has 1 aromatic heterocycles. The SMILES string of the molecule is O=C(COC(=O)c1ccc(Cl)c(NC(=O)c2cccs2)c1)NC1CC1. The molecule has 2 aromatic rings. The minimum atomic E-state index is -0.658. The normalized spacial score (nSPS) is 13.2. The molecule has 25 heavy (non-hydrogen) atoms. The number of anilines is 1. The van der Waals surface area contributed by atoms with Gasteiger partial charge in [0.05, 0.1) is 21.2 Å². The number of rotatable bonds is 6. The summed E-state index contributed by atoms with van der Waals surface area (Å²) in [7, 11) is 0. The highest BCUT2D eigenvalue weighted by atomic mass is 35.5. The molecule has 1 aliphatic carbocycles. The number of thiophene rings is 1. The Kier molecular flexibility index (Phi) is 5.35. The molecule has 0 aliphatic heterocycles. The summed E-state index contributed by atoms with van der Waals surface area (Å²) in [6, 6.07) is 8.05. The molecule has 1 aliphatic rings. The smallest absolute Gasteiger partial charge is 0.338 e. The first kappa shape index (κ1) is 17.4. The maximum absolute atomic E-state index is 12.1. The Morgan fingerprint density at radius 3 is 2.72 bits per heavy atom. The third-order valence-corrected chi connectivity index (χ3v) is 4.67. The second kappa shape index (κ2) is 7.67. The zero-order chi connectivity index (χ0) is 17.8. The second-order valence-corrected chi connectivity index (χ2v) is 6.90. The van der Waals surface area contributed by atoms with E-state index in [9.17, 15) is 14.4 Å². The summed E-state index contributed by atoms with van der Waals surface area (Å²) in [6.45, 7) is -0.338. The number of carbonyl (C=O) groups is 3. The van der Waals surface area contributed by atoms with Gasteiger partial charge in [-0.1, -0.05) is 17.7 Å². The fourth-order valence-electron chi connectivity index (χ4n) is 2.05. The Balaban J connectivity index is 1.62. The molecular weight excluding hydrogens is 364 g/mol. The van der Waals surface area contributed by atoms with Gasteiger partial charge in [-0.2, -0.15) is 0 Å². The van der Waals surface area contributed by atoms with Gasteiger partial charge < -0.3 is 15.4 Å². The quantitative estimate of drug-likeness (QED) is 0.756. The topological polar surface area (TPSA) is 84.5 Å². The highest BCUT2D eigenvalue weighted by molar-refractivity contribution is 7.12. The van der Waals surface area contributed by atoms with E-state index in [0.29, 0.717) is 15.6 Å². The van der Waals surface area contributed by atoms with Crippen molar-refractivity contribution in [1.29, 1.82) is 0 Å². The van der Waals surface area contributed by atoms with Crippen LogP contribution in [0.1, 0.15) is 32.9 Å². The van der Waals surface area contributed by atoms with Gasteiger partial charge in [0.2, 0.25) is 0 Å². The summed E-state index contributed by atoms with van der Waals surface area (Å²) in [6.07, 6.45) is 1.92. The minimum Gasteiger partial charge on any atom is -0.452 e. The van der Waals surface area contributed by atoms with Crippen LogP contribution in [0.25, 0.3) is 0 Å². The van der Waals surface area contributed by atoms with Gasteiger partial charge in [0, 0.05) is 6.04 Å². The number of hydrogen-bond donors (Lipinski definition) is 2. The van der Waals surface area contributed by atoms with Gasteiger partial charge in [-0.05, 0) is 42.5 Å². The highest BCUT2D eigenvalue weighted by Crippen LogP contribution is 2.25. The third-order valence-electron chi connectivity index (χ3n) is 3.47. The van der Waals surface area contributed by atoms with Gasteiger partial charge in [-0.25, -0.2) is 4.79 Å². The van der Waals surface area contributed by atoms with E-state index in [4.69, 9.17) is 16.3 Å². The molecule has 130 valence electrons. The number of esters is 1. The van der Waals surface area contributed by atoms with E-state index < -0.39 is 5.97 Å². The van der Waals surface area contributed by atoms with Crippen LogP contribution < -0.4 is 10.6 Å². The number of carbonyl (C=O) groups excluding carboxylic acids is 3. The van der Waals surface area contributed by atoms with Crippen LogP contribution >= 0.6 is 22.9 Å². The Hall–Kier alpha value is -2.38. The fraction of sp³-hybridized carbons (Fsp3) is 0.235. The van der Waals surface area contributed by atoms with Gasteiger partial charge in [-0.3, -0.25) is 9.59 Å². The van der Waals surface area contributed by atoms with Crippen LogP contribution in [-0.2, 0) is 9.53 Å². The van der Waals surface area contributed by atoms with Crippen molar-refractivity contribution in [1.82, 2.24) is 5.32 Å². The molecule has 0 spiro atoms. The van der Waals surface area contributed by atoms with Crippen molar-refractivity contribution in [2.45, 2.75) is 18.9 Å². The molecule has 2 N–H and O–H groups in total. The van der Waals surface area contributed by atoms with E-state index in [-0.39, 0.29) is 30.0 Å². The predicted molar refractivity (Wildman–Crippen MR) is 95.2 cm³/mol. The summed E-state index contributed by atoms with van der Waals surface area (Å²) in [5.41, 5.74) is 0.502. The van der Waals surface area contributed by atoms with Crippen LogP contribution in [0, 0.1) is 0 Å². The van der Waals surface area contributed by atoms with Crippen LogP contribution in [0.15, 0.2) is 35.7 Å². The highest BCUT2D eigenvalue weighted by Gasteiger charge is 2.23. The lowest BCUT2D eigenvalue weighted by atomic mass is 10.2. The van der Waals surface area contributed by atoms with Crippen LogP contribution in [0.2, 0.25) is 5.02 Å². The maximum Gasteiger partial charge on any atom is 0.338 e. The van der Waals surface area contributed by atoms with Crippen LogP contribution in [-0.4, -0.2) is 30.4 Å².